The van der Waals surface area contributed by atoms with Gasteiger partial charge in [0.15, 0.2) is 0 Å². The summed E-state index contributed by atoms with van der Waals surface area (Å²) >= 11 is 1.00. The lowest BCUT2D eigenvalue weighted by Gasteiger charge is -1.94. The van der Waals surface area contributed by atoms with E-state index in [0.717, 1.165) is 22.4 Å². The van der Waals surface area contributed by atoms with Crippen molar-refractivity contribution >= 4 is 45.3 Å². The normalized spacial score (nSPS) is 11.1. The third kappa shape index (κ3) is 3.01. The molecule has 0 atom stereocenters. The first-order chi connectivity index (χ1) is 10.6. The number of thiophene rings is 1. The Kier molecular flexibility index (Phi) is 3.67. The van der Waals surface area contributed by atoms with Crippen molar-refractivity contribution in [2.45, 2.75) is 0 Å². The number of H-pyrrole nitrogens is 1. The second-order valence-corrected chi connectivity index (χ2v) is 5.45. The fourth-order valence-corrected chi connectivity index (χ4v) is 2.58. The van der Waals surface area contributed by atoms with Crippen molar-refractivity contribution in [3.63, 3.8) is 0 Å². The first kappa shape index (κ1) is 14.0. The Balaban J connectivity index is 1.68. The van der Waals surface area contributed by atoms with Gasteiger partial charge in [-0.25, -0.2) is 4.98 Å². The van der Waals surface area contributed by atoms with Crippen molar-refractivity contribution in [2.75, 3.05) is 5.32 Å². The summed E-state index contributed by atoms with van der Waals surface area (Å²) in [6.45, 7) is 0. The highest BCUT2D eigenvalue weighted by molar-refractivity contribution is 7.16. The molecule has 7 nitrogen and oxygen atoms in total. The van der Waals surface area contributed by atoms with E-state index in [9.17, 15) is 14.9 Å². The first-order valence-corrected chi connectivity index (χ1v) is 7.11. The molecule has 0 fully saturated rings. The van der Waals surface area contributed by atoms with Gasteiger partial charge in [0.05, 0.1) is 16.0 Å². The summed E-state index contributed by atoms with van der Waals surface area (Å²) in [5.74, 6) is -0.0110. The molecule has 0 unspecified atom stereocenters. The van der Waals surface area contributed by atoms with Crippen LogP contribution in [0.1, 0.15) is 4.88 Å². The molecule has 0 saturated heterocycles. The SMILES string of the molecule is O=C(/C=C/c1ccc([N+](=O)[O-])s1)Nc1nc2ccccc2[nH]1. The number of nitrogens with one attached hydrogen (secondary N) is 2. The summed E-state index contributed by atoms with van der Waals surface area (Å²) in [5.41, 5.74) is 1.59. The minimum atomic E-state index is -0.462. The zero-order chi connectivity index (χ0) is 15.5. The molecule has 3 rings (SSSR count). The lowest BCUT2D eigenvalue weighted by atomic mass is 10.3. The van der Waals surface area contributed by atoms with E-state index in [-0.39, 0.29) is 10.9 Å². The molecule has 2 N–H and O–H groups in total. The molecule has 1 aromatic carbocycles. The Morgan fingerprint density at radius 1 is 1.32 bits per heavy atom. The van der Waals surface area contributed by atoms with Gasteiger partial charge in [0.2, 0.25) is 5.95 Å². The van der Waals surface area contributed by atoms with Crippen LogP contribution in [-0.2, 0) is 4.79 Å². The lowest BCUT2D eigenvalue weighted by Crippen LogP contribution is -2.08. The molecule has 0 aliphatic carbocycles. The number of amides is 1. The van der Waals surface area contributed by atoms with Gasteiger partial charge in [-0.2, -0.15) is 0 Å². The number of nitro groups is 1. The van der Waals surface area contributed by atoms with Crippen LogP contribution in [-0.4, -0.2) is 20.8 Å². The molecule has 3 aromatic rings. The summed E-state index contributed by atoms with van der Waals surface area (Å²) in [4.78, 5) is 29.8. The number of carbonyl (C=O) groups is 1. The maximum Gasteiger partial charge on any atom is 0.324 e. The van der Waals surface area contributed by atoms with Crippen LogP contribution in [0.25, 0.3) is 17.1 Å². The van der Waals surface area contributed by atoms with E-state index in [1.54, 1.807) is 6.07 Å². The van der Waals surface area contributed by atoms with Gasteiger partial charge in [0, 0.05) is 17.0 Å². The van der Waals surface area contributed by atoms with Gasteiger partial charge in [-0.3, -0.25) is 20.2 Å². The van der Waals surface area contributed by atoms with E-state index in [2.05, 4.69) is 15.3 Å². The third-order valence-electron chi connectivity index (χ3n) is 2.82. The Morgan fingerprint density at radius 2 is 2.14 bits per heavy atom. The maximum absolute atomic E-state index is 11.8. The van der Waals surface area contributed by atoms with Crippen LogP contribution in [0.3, 0.4) is 0 Å². The Hall–Kier alpha value is -3.00. The van der Waals surface area contributed by atoms with Gasteiger partial charge >= 0.3 is 5.00 Å². The number of hydrogen-bond acceptors (Lipinski definition) is 5. The topological polar surface area (TPSA) is 101 Å². The summed E-state index contributed by atoms with van der Waals surface area (Å²) in [7, 11) is 0. The van der Waals surface area contributed by atoms with Gasteiger partial charge < -0.3 is 4.98 Å². The average molecular weight is 314 g/mol. The number of benzene rings is 1. The molecule has 0 spiro atoms. The number of imidazole rings is 1. The van der Waals surface area contributed by atoms with Gasteiger partial charge in [-0.1, -0.05) is 23.5 Å². The lowest BCUT2D eigenvalue weighted by molar-refractivity contribution is -0.380. The molecule has 1 amide bonds. The minimum absolute atomic E-state index is 0.0392. The fraction of sp³-hybridized carbons (Fsp3) is 0. The molecule has 110 valence electrons. The van der Waals surface area contributed by atoms with E-state index in [1.807, 2.05) is 24.3 Å². The van der Waals surface area contributed by atoms with E-state index in [1.165, 1.54) is 18.2 Å². The summed E-state index contributed by atoms with van der Waals surface area (Å²) in [6, 6.07) is 10.4. The number of hydrogen-bond donors (Lipinski definition) is 2. The number of rotatable bonds is 4. The molecular weight excluding hydrogens is 304 g/mol. The Morgan fingerprint density at radius 3 is 2.86 bits per heavy atom. The van der Waals surface area contributed by atoms with Crippen LogP contribution in [0.15, 0.2) is 42.5 Å². The van der Waals surface area contributed by atoms with Gasteiger partial charge in [-0.15, -0.1) is 0 Å². The van der Waals surface area contributed by atoms with Crippen LogP contribution in [0.5, 0.6) is 0 Å². The maximum atomic E-state index is 11.8. The number of para-hydroxylation sites is 2. The van der Waals surface area contributed by atoms with E-state index in [0.29, 0.717) is 10.8 Å². The molecule has 0 aliphatic rings. The fourth-order valence-electron chi connectivity index (χ4n) is 1.86. The van der Waals surface area contributed by atoms with Crippen LogP contribution in [0, 0.1) is 10.1 Å². The van der Waals surface area contributed by atoms with Gasteiger partial charge in [-0.05, 0) is 24.3 Å². The first-order valence-electron chi connectivity index (χ1n) is 6.30. The third-order valence-corrected chi connectivity index (χ3v) is 3.82. The van der Waals surface area contributed by atoms with Gasteiger partial charge in [0.25, 0.3) is 5.91 Å². The summed E-state index contributed by atoms with van der Waals surface area (Å²) in [5, 5.41) is 13.2. The number of aromatic amines is 1. The number of aromatic nitrogens is 2. The predicted octanol–water partition coefficient (Wildman–Crippen LogP) is 3.18. The molecule has 0 aliphatic heterocycles. The van der Waals surface area contributed by atoms with Crippen LogP contribution >= 0.6 is 11.3 Å². The quantitative estimate of drug-likeness (QED) is 0.438. The van der Waals surface area contributed by atoms with Crippen molar-refractivity contribution < 1.29 is 9.72 Å². The van der Waals surface area contributed by atoms with Gasteiger partial charge in [0.1, 0.15) is 0 Å². The van der Waals surface area contributed by atoms with E-state index >= 15 is 0 Å². The highest BCUT2D eigenvalue weighted by Gasteiger charge is 2.08. The molecule has 0 bridgehead atoms. The monoisotopic (exact) mass is 314 g/mol. The van der Waals surface area contributed by atoms with Crippen molar-refractivity contribution in [2.24, 2.45) is 0 Å². The standard InChI is InChI=1S/C14H10N4O3S/c19-12(7-5-9-6-8-13(22-9)18(20)21)17-14-15-10-3-1-2-4-11(10)16-14/h1-8H,(H2,15,16,17,19)/b7-5+. The molecule has 0 radical (unpaired) electrons. The van der Waals surface area contributed by atoms with Crippen molar-refractivity contribution in [1.82, 2.24) is 9.97 Å². The molecule has 0 saturated carbocycles. The summed E-state index contributed by atoms with van der Waals surface area (Å²) < 4.78 is 0. The molecule has 8 heteroatoms. The van der Waals surface area contributed by atoms with Crippen molar-refractivity contribution in [3.05, 3.63) is 57.5 Å². The number of anilines is 1. The highest BCUT2D eigenvalue weighted by atomic mass is 32.1. The second kappa shape index (κ2) is 5.78. The molecule has 2 heterocycles. The zero-order valence-corrected chi connectivity index (χ0v) is 12.0. The van der Waals surface area contributed by atoms with Crippen LogP contribution in [0.2, 0.25) is 0 Å². The van der Waals surface area contributed by atoms with Crippen molar-refractivity contribution in [3.8, 4) is 0 Å². The largest absolute Gasteiger partial charge is 0.324 e. The Labute approximate surface area is 128 Å². The summed E-state index contributed by atoms with van der Waals surface area (Å²) in [6.07, 6.45) is 2.83. The minimum Gasteiger partial charge on any atom is -0.324 e. The highest BCUT2D eigenvalue weighted by Crippen LogP contribution is 2.24. The van der Waals surface area contributed by atoms with Crippen molar-refractivity contribution in [1.29, 1.82) is 0 Å². The molecule has 22 heavy (non-hydrogen) atoms. The molecule has 2 aromatic heterocycles. The molecular formula is C14H10N4O3S. The smallest absolute Gasteiger partial charge is 0.324 e. The number of fused-ring (bicyclic) bond motifs is 1. The van der Waals surface area contributed by atoms with E-state index in [4.69, 9.17) is 0 Å². The zero-order valence-electron chi connectivity index (χ0n) is 11.1. The second-order valence-electron chi connectivity index (χ2n) is 4.36. The van der Waals surface area contributed by atoms with Crippen LogP contribution in [0.4, 0.5) is 10.9 Å². The van der Waals surface area contributed by atoms with Crippen LogP contribution < -0.4 is 5.32 Å². The average Bonchev–Trinajstić information content (AvgIpc) is 3.11. The number of nitrogens with zero attached hydrogens (tertiary/aromatic N) is 2. The van der Waals surface area contributed by atoms with E-state index < -0.39 is 4.92 Å². The number of carbonyl (C=O) groups excluding carboxylic acids is 1. The predicted molar refractivity (Wildman–Crippen MR) is 84.7 cm³/mol. The Bertz CT molecular complexity index is 848.